The fraction of sp³-hybridized carbons (Fsp3) is 0.147. The number of nitrogens with zero attached hydrogens (tertiary/aromatic N) is 3. The zero-order chi connectivity index (χ0) is 29.6. The van der Waals surface area contributed by atoms with Gasteiger partial charge in [-0.1, -0.05) is 86.3 Å². The summed E-state index contributed by atoms with van der Waals surface area (Å²) in [6.45, 7) is 4.22. The van der Waals surface area contributed by atoms with E-state index in [0.29, 0.717) is 38.8 Å². The molecular formula is C34H28N4O3S. The fourth-order valence-corrected chi connectivity index (χ4v) is 5.72. The minimum atomic E-state index is -1.02. The summed E-state index contributed by atoms with van der Waals surface area (Å²) in [6.07, 6.45) is 0.772. The van der Waals surface area contributed by atoms with Gasteiger partial charge in [0.1, 0.15) is 16.3 Å². The van der Waals surface area contributed by atoms with Crippen molar-refractivity contribution in [2.24, 2.45) is 5.92 Å². The van der Waals surface area contributed by atoms with E-state index < -0.39 is 11.2 Å². The Morgan fingerprint density at radius 1 is 0.929 bits per heavy atom. The largest absolute Gasteiger partial charge is 0.478 e. The molecule has 0 bridgehead atoms. The third kappa shape index (κ3) is 6.48. The van der Waals surface area contributed by atoms with Crippen molar-refractivity contribution in [3.8, 4) is 17.3 Å². The molecule has 42 heavy (non-hydrogen) atoms. The molecule has 2 aromatic heterocycles. The van der Waals surface area contributed by atoms with Crippen LogP contribution in [0, 0.1) is 17.2 Å². The third-order valence-corrected chi connectivity index (χ3v) is 7.88. The lowest BCUT2D eigenvalue weighted by molar-refractivity contribution is -0.115. The summed E-state index contributed by atoms with van der Waals surface area (Å²) < 4.78 is 0. The first-order valence-corrected chi connectivity index (χ1v) is 14.4. The van der Waals surface area contributed by atoms with Crippen LogP contribution in [0.25, 0.3) is 22.2 Å². The maximum Gasteiger partial charge on any atom is 0.336 e. The van der Waals surface area contributed by atoms with Gasteiger partial charge in [-0.05, 0) is 54.3 Å². The number of thioether (sulfide) groups is 1. The molecule has 1 unspecified atom stereocenters. The zero-order valence-electron chi connectivity index (χ0n) is 23.1. The standard InChI is InChI=1S/C34H28N4O3S/c1-21(2)18-26-17-14-24(20-35)33(37-26)42-31(23-8-4-3-5-9-23)32(39)36-25-15-12-22(13-16-25)30-19-28(34(40)41)27-10-6-7-11-29(27)38-30/h3-17,19,21,31H,18H2,1-2H3,(H,36,39)(H,40,41). The summed E-state index contributed by atoms with van der Waals surface area (Å²) in [4.78, 5) is 35.0. The Labute approximate surface area is 248 Å². The molecule has 0 fully saturated rings. The SMILES string of the molecule is CC(C)Cc1ccc(C#N)c(SC(C(=O)Nc2ccc(-c3cc(C(=O)O)c4ccccc4n3)cc2)c2ccccc2)n1. The normalized spacial score (nSPS) is 11.7. The average Bonchev–Trinajstić information content (AvgIpc) is 2.99. The van der Waals surface area contributed by atoms with Crippen molar-refractivity contribution in [1.82, 2.24) is 9.97 Å². The first-order valence-electron chi connectivity index (χ1n) is 13.5. The monoisotopic (exact) mass is 572 g/mol. The minimum Gasteiger partial charge on any atom is -0.478 e. The first-order chi connectivity index (χ1) is 20.3. The average molecular weight is 573 g/mol. The molecule has 0 aliphatic rings. The van der Waals surface area contributed by atoms with Gasteiger partial charge < -0.3 is 10.4 Å². The lowest BCUT2D eigenvalue weighted by Gasteiger charge is -2.18. The highest BCUT2D eigenvalue weighted by molar-refractivity contribution is 8.00. The molecule has 0 saturated carbocycles. The Balaban J connectivity index is 1.42. The van der Waals surface area contributed by atoms with Crippen molar-refractivity contribution in [2.45, 2.75) is 30.5 Å². The predicted molar refractivity (Wildman–Crippen MR) is 165 cm³/mol. The number of pyridine rings is 2. The smallest absolute Gasteiger partial charge is 0.336 e. The van der Waals surface area contributed by atoms with Gasteiger partial charge in [-0.3, -0.25) is 4.79 Å². The molecule has 1 atom stereocenters. The van der Waals surface area contributed by atoms with Gasteiger partial charge in [0.2, 0.25) is 5.91 Å². The van der Waals surface area contributed by atoms with Crippen LogP contribution in [0.4, 0.5) is 5.69 Å². The van der Waals surface area contributed by atoms with E-state index in [2.05, 4.69) is 30.2 Å². The highest BCUT2D eigenvalue weighted by Crippen LogP contribution is 2.37. The quantitative estimate of drug-likeness (QED) is 0.175. The van der Waals surface area contributed by atoms with Gasteiger partial charge in [-0.15, -0.1) is 0 Å². The van der Waals surface area contributed by atoms with E-state index in [0.717, 1.165) is 23.2 Å². The minimum absolute atomic E-state index is 0.179. The maximum absolute atomic E-state index is 13.7. The number of anilines is 1. The molecule has 5 rings (SSSR count). The fourth-order valence-electron chi connectivity index (χ4n) is 4.63. The summed E-state index contributed by atoms with van der Waals surface area (Å²) in [7, 11) is 0. The van der Waals surface area contributed by atoms with Crippen molar-refractivity contribution in [2.75, 3.05) is 5.32 Å². The summed E-state index contributed by atoms with van der Waals surface area (Å²) >= 11 is 1.26. The number of aromatic carboxylic acids is 1. The van der Waals surface area contributed by atoms with Gasteiger partial charge >= 0.3 is 5.97 Å². The number of hydrogen-bond donors (Lipinski definition) is 2. The van der Waals surface area contributed by atoms with Crippen LogP contribution in [0.1, 0.15) is 46.3 Å². The van der Waals surface area contributed by atoms with E-state index in [4.69, 9.17) is 4.98 Å². The number of para-hydroxylation sites is 1. The lowest BCUT2D eigenvalue weighted by atomic mass is 10.0. The van der Waals surface area contributed by atoms with Crippen LogP contribution in [-0.4, -0.2) is 27.0 Å². The molecule has 2 N–H and O–H groups in total. The number of aromatic nitrogens is 2. The van der Waals surface area contributed by atoms with Gasteiger partial charge in [-0.25, -0.2) is 14.8 Å². The number of fused-ring (bicyclic) bond motifs is 1. The van der Waals surface area contributed by atoms with Crippen LogP contribution in [0.2, 0.25) is 0 Å². The van der Waals surface area contributed by atoms with Gasteiger partial charge in [-0.2, -0.15) is 5.26 Å². The number of amides is 1. The van der Waals surface area contributed by atoms with E-state index >= 15 is 0 Å². The Morgan fingerprint density at radius 2 is 1.64 bits per heavy atom. The van der Waals surface area contributed by atoms with Gasteiger partial charge in [0.05, 0.1) is 22.3 Å². The van der Waals surface area contributed by atoms with E-state index in [9.17, 15) is 20.0 Å². The van der Waals surface area contributed by atoms with E-state index in [1.807, 2.05) is 42.5 Å². The molecular weight excluding hydrogens is 544 g/mol. The first kappa shape index (κ1) is 28.5. The molecule has 208 valence electrons. The van der Waals surface area contributed by atoms with Crippen molar-refractivity contribution in [3.05, 3.63) is 119 Å². The topological polar surface area (TPSA) is 116 Å². The zero-order valence-corrected chi connectivity index (χ0v) is 23.9. The van der Waals surface area contributed by atoms with Crippen LogP contribution in [0.15, 0.2) is 102 Å². The Hall–Kier alpha value is -5.00. The number of carboxylic acids is 1. The Kier molecular flexibility index (Phi) is 8.60. The number of benzene rings is 3. The summed E-state index contributed by atoms with van der Waals surface area (Å²) in [5.41, 5.74) is 4.69. The molecule has 7 nitrogen and oxygen atoms in total. The summed E-state index contributed by atoms with van der Waals surface area (Å²) in [5.74, 6) is -0.872. The lowest BCUT2D eigenvalue weighted by Crippen LogP contribution is -2.19. The van der Waals surface area contributed by atoms with Crippen LogP contribution in [-0.2, 0) is 11.2 Å². The Morgan fingerprint density at radius 3 is 2.33 bits per heavy atom. The molecule has 2 heterocycles. The second-order valence-electron chi connectivity index (χ2n) is 10.2. The summed E-state index contributed by atoms with van der Waals surface area (Å²) in [6, 6.07) is 31.1. The molecule has 0 radical (unpaired) electrons. The van der Waals surface area contributed by atoms with Crippen LogP contribution in [0.3, 0.4) is 0 Å². The van der Waals surface area contributed by atoms with Gasteiger partial charge in [0.15, 0.2) is 0 Å². The molecule has 8 heteroatoms. The number of carboxylic acid groups (broad SMARTS) is 1. The number of nitrogens with one attached hydrogen (secondary N) is 1. The maximum atomic E-state index is 13.7. The molecule has 0 aliphatic carbocycles. The van der Waals surface area contributed by atoms with Gasteiger partial charge in [0.25, 0.3) is 0 Å². The highest BCUT2D eigenvalue weighted by atomic mass is 32.2. The molecule has 1 amide bonds. The molecule has 0 spiro atoms. The van der Waals surface area contributed by atoms with E-state index in [1.165, 1.54) is 11.8 Å². The number of carbonyl (C=O) groups is 2. The number of nitriles is 1. The van der Waals surface area contributed by atoms with Crippen molar-refractivity contribution >= 4 is 40.2 Å². The van der Waals surface area contributed by atoms with Crippen molar-refractivity contribution in [1.29, 1.82) is 5.26 Å². The Bertz CT molecular complexity index is 1800. The van der Waals surface area contributed by atoms with Crippen LogP contribution in [0.5, 0.6) is 0 Å². The van der Waals surface area contributed by atoms with Crippen LogP contribution < -0.4 is 5.32 Å². The van der Waals surface area contributed by atoms with E-state index in [-0.39, 0.29) is 11.5 Å². The van der Waals surface area contributed by atoms with E-state index in [1.54, 1.807) is 54.6 Å². The second-order valence-corrected chi connectivity index (χ2v) is 11.3. The summed E-state index contributed by atoms with van der Waals surface area (Å²) in [5, 5.41) is 22.9. The number of carbonyl (C=O) groups excluding carboxylic acids is 1. The predicted octanol–water partition coefficient (Wildman–Crippen LogP) is 7.54. The number of rotatable bonds is 9. The number of hydrogen-bond acceptors (Lipinski definition) is 6. The highest BCUT2D eigenvalue weighted by Gasteiger charge is 2.25. The molecule has 3 aromatic carbocycles. The second kappa shape index (κ2) is 12.7. The molecule has 0 saturated heterocycles. The van der Waals surface area contributed by atoms with Crippen molar-refractivity contribution < 1.29 is 14.7 Å². The van der Waals surface area contributed by atoms with Crippen molar-refractivity contribution in [3.63, 3.8) is 0 Å². The molecule has 5 aromatic rings. The van der Waals surface area contributed by atoms with Crippen LogP contribution >= 0.6 is 11.8 Å². The third-order valence-electron chi connectivity index (χ3n) is 6.62. The van der Waals surface area contributed by atoms with Gasteiger partial charge in [0, 0.05) is 22.3 Å². The molecule has 0 aliphatic heterocycles.